The SMILES string of the molecule is CC1=NCc2nc(-c3ccc(O)cc3)cc(C(=O)NC3(C)CCNCC3)c21. The van der Waals surface area contributed by atoms with Gasteiger partial charge < -0.3 is 15.7 Å². The Bertz CT molecular complexity index is 913. The fourth-order valence-electron chi connectivity index (χ4n) is 3.79. The average Bonchev–Trinajstić information content (AvgIpc) is 3.03. The van der Waals surface area contributed by atoms with Crippen LogP contribution in [-0.2, 0) is 6.54 Å². The number of hydrogen-bond donors (Lipinski definition) is 3. The van der Waals surface area contributed by atoms with Gasteiger partial charge in [0, 0.05) is 22.4 Å². The fraction of sp³-hybridized carbons (Fsp3) is 0.381. The standard InChI is InChI=1S/C21H24N4O2/c1-13-19-16(20(27)25-21(2)7-9-22-10-8-21)11-17(24-18(19)12-23-13)14-3-5-15(26)6-4-14/h3-6,11,22,26H,7-10,12H2,1-2H3,(H,25,27). The highest BCUT2D eigenvalue weighted by atomic mass is 16.3. The Morgan fingerprint density at radius 1 is 1.22 bits per heavy atom. The van der Waals surface area contributed by atoms with Crippen molar-refractivity contribution in [3.05, 3.63) is 47.2 Å². The maximum Gasteiger partial charge on any atom is 0.252 e. The molecule has 0 saturated carbocycles. The first-order chi connectivity index (χ1) is 13.0. The first-order valence-electron chi connectivity index (χ1n) is 9.33. The molecule has 4 rings (SSSR count). The van der Waals surface area contributed by atoms with Crippen molar-refractivity contribution >= 4 is 11.6 Å². The second kappa shape index (κ2) is 6.78. The summed E-state index contributed by atoms with van der Waals surface area (Å²) in [6.07, 6.45) is 1.81. The van der Waals surface area contributed by atoms with Gasteiger partial charge in [0.15, 0.2) is 0 Å². The Morgan fingerprint density at radius 3 is 2.63 bits per heavy atom. The van der Waals surface area contributed by atoms with Crippen LogP contribution >= 0.6 is 0 Å². The summed E-state index contributed by atoms with van der Waals surface area (Å²) in [5, 5.41) is 16.1. The summed E-state index contributed by atoms with van der Waals surface area (Å²) in [7, 11) is 0. The highest BCUT2D eigenvalue weighted by Crippen LogP contribution is 2.29. The monoisotopic (exact) mass is 364 g/mol. The number of phenolic OH excluding ortho intramolecular Hbond substituents is 1. The number of benzene rings is 1. The lowest BCUT2D eigenvalue weighted by atomic mass is 9.89. The van der Waals surface area contributed by atoms with Gasteiger partial charge in [-0.15, -0.1) is 0 Å². The minimum absolute atomic E-state index is 0.0745. The van der Waals surface area contributed by atoms with Crippen LogP contribution in [0, 0.1) is 0 Å². The Hall–Kier alpha value is -2.73. The van der Waals surface area contributed by atoms with Crippen LogP contribution in [0.25, 0.3) is 11.3 Å². The number of carbonyl (C=O) groups is 1. The molecule has 2 aliphatic heterocycles. The molecule has 0 radical (unpaired) electrons. The molecule has 27 heavy (non-hydrogen) atoms. The second-order valence-electron chi connectivity index (χ2n) is 7.59. The van der Waals surface area contributed by atoms with Gasteiger partial charge >= 0.3 is 0 Å². The molecule has 140 valence electrons. The molecule has 6 nitrogen and oxygen atoms in total. The maximum atomic E-state index is 13.2. The first kappa shape index (κ1) is 17.7. The Balaban J connectivity index is 1.73. The van der Waals surface area contributed by atoms with Crippen molar-refractivity contribution in [2.24, 2.45) is 4.99 Å². The van der Waals surface area contributed by atoms with E-state index in [1.165, 1.54) is 0 Å². The van der Waals surface area contributed by atoms with E-state index in [2.05, 4.69) is 22.5 Å². The number of carbonyl (C=O) groups excluding carboxylic acids is 1. The minimum atomic E-state index is -0.208. The Kier molecular flexibility index (Phi) is 4.44. The van der Waals surface area contributed by atoms with Gasteiger partial charge in [-0.05, 0) is 70.1 Å². The molecule has 0 spiro atoms. The van der Waals surface area contributed by atoms with E-state index in [1.54, 1.807) is 12.1 Å². The van der Waals surface area contributed by atoms with Gasteiger partial charge in [0.05, 0.1) is 23.5 Å². The molecule has 1 fully saturated rings. The summed E-state index contributed by atoms with van der Waals surface area (Å²) in [5.74, 6) is 0.130. The number of aromatic nitrogens is 1. The van der Waals surface area contributed by atoms with E-state index in [0.29, 0.717) is 12.1 Å². The van der Waals surface area contributed by atoms with Crippen LogP contribution in [0.5, 0.6) is 5.75 Å². The number of aliphatic imine (C=N–C) groups is 1. The molecule has 3 N–H and O–H groups in total. The van der Waals surface area contributed by atoms with E-state index >= 15 is 0 Å². The van der Waals surface area contributed by atoms with Crippen LogP contribution in [0.2, 0.25) is 0 Å². The molecular formula is C21H24N4O2. The fourth-order valence-corrected chi connectivity index (χ4v) is 3.79. The molecule has 0 atom stereocenters. The summed E-state index contributed by atoms with van der Waals surface area (Å²) in [4.78, 5) is 22.4. The Labute approximate surface area is 158 Å². The van der Waals surface area contributed by atoms with Crippen molar-refractivity contribution in [2.45, 2.75) is 38.8 Å². The lowest BCUT2D eigenvalue weighted by Gasteiger charge is -2.35. The maximum absolute atomic E-state index is 13.2. The van der Waals surface area contributed by atoms with Gasteiger partial charge in [0.2, 0.25) is 0 Å². The number of pyridine rings is 1. The molecule has 2 aliphatic rings. The largest absolute Gasteiger partial charge is 0.508 e. The van der Waals surface area contributed by atoms with Gasteiger partial charge in [0.1, 0.15) is 5.75 Å². The molecule has 0 aliphatic carbocycles. The van der Waals surface area contributed by atoms with Gasteiger partial charge in [-0.1, -0.05) is 0 Å². The zero-order chi connectivity index (χ0) is 19.0. The van der Waals surface area contributed by atoms with Crippen molar-refractivity contribution in [1.82, 2.24) is 15.6 Å². The highest BCUT2D eigenvalue weighted by Gasteiger charge is 2.31. The number of rotatable bonds is 3. The number of nitrogens with one attached hydrogen (secondary N) is 2. The zero-order valence-corrected chi connectivity index (χ0v) is 15.7. The van der Waals surface area contributed by atoms with E-state index in [0.717, 1.165) is 54.2 Å². The molecule has 0 unspecified atom stereocenters. The van der Waals surface area contributed by atoms with Crippen LogP contribution in [0.15, 0.2) is 35.3 Å². The summed E-state index contributed by atoms with van der Waals surface area (Å²) < 4.78 is 0. The molecule has 1 saturated heterocycles. The van der Waals surface area contributed by atoms with Crippen molar-refractivity contribution in [2.75, 3.05) is 13.1 Å². The highest BCUT2D eigenvalue weighted by molar-refractivity contribution is 6.11. The third kappa shape index (κ3) is 3.45. The third-order valence-electron chi connectivity index (χ3n) is 5.45. The molecule has 6 heteroatoms. The Morgan fingerprint density at radius 2 is 1.93 bits per heavy atom. The summed E-state index contributed by atoms with van der Waals surface area (Å²) in [6, 6.07) is 8.71. The van der Waals surface area contributed by atoms with Gasteiger partial charge in [-0.25, -0.2) is 0 Å². The quantitative estimate of drug-likeness (QED) is 0.781. The van der Waals surface area contributed by atoms with Crippen molar-refractivity contribution < 1.29 is 9.90 Å². The lowest BCUT2D eigenvalue weighted by molar-refractivity contribution is 0.0887. The second-order valence-corrected chi connectivity index (χ2v) is 7.59. The van der Waals surface area contributed by atoms with Crippen LogP contribution in [0.4, 0.5) is 0 Å². The molecule has 2 aromatic rings. The van der Waals surface area contributed by atoms with Crippen molar-refractivity contribution in [3.63, 3.8) is 0 Å². The van der Waals surface area contributed by atoms with E-state index in [4.69, 9.17) is 4.98 Å². The van der Waals surface area contributed by atoms with Gasteiger partial charge in [-0.2, -0.15) is 0 Å². The van der Waals surface area contributed by atoms with E-state index in [-0.39, 0.29) is 17.2 Å². The molecule has 3 heterocycles. The number of amides is 1. The average molecular weight is 364 g/mol. The van der Waals surface area contributed by atoms with E-state index in [1.807, 2.05) is 25.1 Å². The molecule has 1 aromatic heterocycles. The van der Waals surface area contributed by atoms with Crippen molar-refractivity contribution in [1.29, 1.82) is 0 Å². The third-order valence-corrected chi connectivity index (χ3v) is 5.45. The lowest BCUT2D eigenvalue weighted by Crippen LogP contribution is -2.52. The predicted molar refractivity (Wildman–Crippen MR) is 105 cm³/mol. The predicted octanol–water partition coefficient (Wildman–Crippen LogP) is 2.65. The number of aromatic hydroxyl groups is 1. The van der Waals surface area contributed by atoms with Gasteiger partial charge in [0.25, 0.3) is 5.91 Å². The molecule has 0 bridgehead atoms. The number of fused-ring (bicyclic) bond motifs is 1. The normalized spacial score (nSPS) is 17.9. The smallest absolute Gasteiger partial charge is 0.252 e. The molecule has 1 amide bonds. The van der Waals surface area contributed by atoms with Crippen LogP contribution in [0.3, 0.4) is 0 Å². The van der Waals surface area contributed by atoms with Gasteiger partial charge in [-0.3, -0.25) is 14.8 Å². The van der Waals surface area contributed by atoms with E-state index < -0.39 is 0 Å². The first-order valence-corrected chi connectivity index (χ1v) is 9.33. The minimum Gasteiger partial charge on any atom is -0.508 e. The summed E-state index contributed by atoms with van der Waals surface area (Å²) >= 11 is 0. The van der Waals surface area contributed by atoms with E-state index in [9.17, 15) is 9.90 Å². The number of hydrogen-bond acceptors (Lipinski definition) is 5. The molecule has 1 aromatic carbocycles. The van der Waals surface area contributed by atoms with Crippen LogP contribution in [0.1, 0.15) is 48.3 Å². The van der Waals surface area contributed by atoms with Crippen LogP contribution in [-0.4, -0.2) is 40.3 Å². The number of piperidine rings is 1. The van der Waals surface area contributed by atoms with Crippen LogP contribution < -0.4 is 10.6 Å². The number of phenols is 1. The molecular weight excluding hydrogens is 340 g/mol. The number of nitrogens with zero attached hydrogens (tertiary/aromatic N) is 2. The summed E-state index contributed by atoms with van der Waals surface area (Å²) in [6.45, 7) is 6.34. The topological polar surface area (TPSA) is 86.6 Å². The summed E-state index contributed by atoms with van der Waals surface area (Å²) in [5.41, 5.74) is 4.55. The zero-order valence-electron chi connectivity index (χ0n) is 15.7. The van der Waals surface area contributed by atoms with Crippen molar-refractivity contribution in [3.8, 4) is 17.0 Å².